The second kappa shape index (κ2) is 18.8. The van der Waals surface area contributed by atoms with Crippen molar-refractivity contribution in [2.45, 2.75) is 6.61 Å². The number of carbonyl (C=O) groups is 5. The van der Waals surface area contributed by atoms with Gasteiger partial charge in [-0.1, -0.05) is 0 Å². The van der Waals surface area contributed by atoms with Gasteiger partial charge >= 0.3 is 69.8 Å². The number of carboxylic acid groups (broad SMARTS) is 4. The molecule has 4 N–H and O–H groups in total. The maximum atomic E-state index is 12.3. The molecule has 1 aromatic carbocycles. The number of nitrogens with zero attached hydrogens (tertiary/aromatic N) is 5. The molecule has 0 unspecified atom stereocenters. The van der Waals surface area contributed by atoms with E-state index in [1.807, 2.05) is 0 Å². The second-order valence-corrected chi connectivity index (χ2v) is 8.26. The summed E-state index contributed by atoms with van der Waals surface area (Å²) in [6, 6.07) is 2.73. The third-order valence-corrected chi connectivity index (χ3v) is 5.12. The summed E-state index contributed by atoms with van der Waals surface area (Å²) in [6.07, 6.45) is 0. The molecule has 41 heavy (non-hydrogen) atoms. The third-order valence-electron chi connectivity index (χ3n) is 5.12. The van der Waals surface area contributed by atoms with Crippen LogP contribution in [0.25, 0.3) is 0 Å². The van der Waals surface area contributed by atoms with Gasteiger partial charge in [0.15, 0.2) is 0 Å². The Morgan fingerprint density at radius 1 is 0.683 bits per heavy atom. The topological polar surface area (TPSA) is 271 Å². The van der Waals surface area contributed by atoms with Gasteiger partial charge in [-0.05, 0) is 6.07 Å². The fourth-order valence-corrected chi connectivity index (χ4v) is 3.37. The molecule has 0 aliphatic heterocycles. The van der Waals surface area contributed by atoms with Crippen molar-refractivity contribution in [3.63, 3.8) is 0 Å². The SMILES string of the molecule is O=C(O)CN(CCN(CC(=O)O)CC(=O)O)CCN(CC(=O)O)CC(=O)OCc1ccc([N+](=O)[O-])cc1[N+](=O)[O-].[Gd+3]. The van der Waals surface area contributed by atoms with Crippen molar-refractivity contribution in [2.24, 2.45) is 0 Å². The standard InChI is InChI=1S/C21H27N5O14.Gd/c27-17(28)8-22(3-5-23(9-18(29)30)10-19(31)32)4-6-24(11-20(33)34)12-21(35)40-13-14-1-2-15(25(36)37)7-16(14)26(38)39;/h1-2,7H,3-6,8-13H2,(H,27,28)(H,29,30)(H,31,32)(H,33,34);/q;+3. The predicted octanol–water partition coefficient (Wildman–Crippen LogP) is -1.21. The van der Waals surface area contributed by atoms with E-state index in [1.165, 1.54) is 4.90 Å². The number of nitro benzene ring substituents is 2. The number of aliphatic carboxylic acids is 4. The monoisotopic (exact) mass is 731 g/mol. The van der Waals surface area contributed by atoms with Crippen LogP contribution in [0.4, 0.5) is 11.4 Å². The Kier molecular flexibility index (Phi) is 17.3. The van der Waals surface area contributed by atoms with E-state index in [2.05, 4.69) is 0 Å². The molecule has 0 bridgehead atoms. The number of hydrogen-bond acceptors (Lipinski definition) is 13. The number of esters is 1. The van der Waals surface area contributed by atoms with Crippen LogP contribution in [0.15, 0.2) is 18.2 Å². The molecule has 0 spiro atoms. The fraction of sp³-hybridized carbons (Fsp3) is 0.476. The molecule has 0 aliphatic rings. The maximum Gasteiger partial charge on any atom is 3.00 e. The molecule has 1 radical (unpaired) electrons. The molecule has 20 heteroatoms. The Hall–Kier alpha value is -3.43. The number of carboxylic acids is 4. The molecular formula is C21H27GdN5O14+3. The third kappa shape index (κ3) is 15.8. The number of benzene rings is 1. The maximum absolute atomic E-state index is 12.3. The number of hydrogen-bond donors (Lipinski definition) is 4. The van der Waals surface area contributed by atoms with Gasteiger partial charge in [0, 0.05) is 32.2 Å². The fourth-order valence-electron chi connectivity index (χ4n) is 3.37. The number of non-ortho nitro benzene ring substituents is 1. The first-order chi connectivity index (χ1) is 18.7. The minimum atomic E-state index is -1.34. The summed E-state index contributed by atoms with van der Waals surface area (Å²) < 4.78 is 4.98. The zero-order valence-corrected chi connectivity index (χ0v) is 23.5. The van der Waals surface area contributed by atoms with Crippen molar-refractivity contribution in [1.82, 2.24) is 14.7 Å². The molecule has 0 heterocycles. The Balaban J connectivity index is 0.0000160. The van der Waals surface area contributed by atoms with E-state index in [9.17, 15) is 54.4 Å². The van der Waals surface area contributed by atoms with Gasteiger partial charge < -0.3 is 25.2 Å². The summed E-state index contributed by atoms with van der Waals surface area (Å²) in [5.74, 6) is -6.19. The Bertz CT molecular complexity index is 1120. The zero-order chi connectivity index (χ0) is 30.4. The van der Waals surface area contributed by atoms with Crippen LogP contribution in [0.1, 0.15) is 5.56 Å². The van der Waals surface area contributed by atoms with Crippen molar-refractivity contribution in [1.29, 1.82) is 0 Å². The molecular weight excluding hydrogens is 704 g/mol. The van der Waals surface area contributed by atoms with E-state index in [1.54, 1.807) is 0 Å². The summed E-state index contributed by atoms with van der Waals surface area (Å²) in [6.45, 7) is -4.22. The molecule has 0 atom stereocenters. The minimum absolute atomic E-state index is 0. The van der Waals surface area contributed by atoms with Gasteiger partial charge in [-0.3, -0.25) is 58.9 Å². The van der Waals surface area contributed by atoms with Gasteiger partial charge in [0.05, 0.1) is 54.2 Å². The smallest absolute Gasteiger partial charge is 0.480 e. The van der Waals surface area contributed by atoms with Crippen LogP contribution < -0.4 is 0 Å². The molecule has 0 fully saturated rings. The molecule has 225 valence electrons. The van der Waals surface area contributed by atoms with Crippen LogP contribution in [-0.2, 0) is 35.3 Å². The average Bonchev–Trinajstić information content (AvgIpc) is 2.82. The van der Waals surface area contributed by atoms with Crippen molar-refractivity contribution in [3.05, 3.63) is 44.0 Å². The molecule has 1 rings (SSSR count). The second-order valence-electron chi connectivity index (χ2n) is 8.26. The average molecular weight is 731 g/mol. The predicted molar refractivity (Wildman–Crippen MR) is 129 cm³/mol. The van der Waals surface area contributed by atoms with Gasteiger partial charge in [0.1, 0.15) is 6.61 Å². The van der Waals surface area contributed by atoms with E-state index >= 15 is 0 Å². The van der Waals surface area contributed by atoms with Crippen molar-refractivity contribution < 1.29 is 98.9 Å². The first-order valence-electron chi connectivity index (χ1n) is 11.3. The van der Waals surface area contributed by atoms with Crippen LogP contribution in [0.3, 0.4) is 0 Å². The Morgan fingerprint density at radius 3 is 1.51 bits per heavy atom. The largest absolute Gasteiger partial charge is 3.00 e. The van der Waals surface area contributed by atoms with Crippen LogP contribution in [0, 0.1) is 60.2 Å². The zero-order valence-electron chi connectivity index (χ0n) is 21.3. The molecule has 19 nitrogen and oxygen atoms in total. The van der Waals surface area contributed by atoms with Gasteiger partial charge in [0.2, 0.25) is 0 Å². The Morgan fingerprint density at radius 2 is 1.10 bits per heavy atom. The van der Waals surface area contributed by atoms with E-state index in [0.29, 0.717) is 6.07 Å². The van der Waals surface area contributed by atoms with Crippen LogP contribution in [-0.4, -0.2) is 134 Å². The Labute approximate surface area is 263 Å². The van der Waals surface area contributed by atoms with Crippen molar-refractivity contribution in [3.8, 4) is 0 Å². The van der Waals surface area contributed by atoms with Gasteiger partial charge in [-0.2, -0.15) is 0 Å². The summed E-state index contributed by atoms with van der Waals surface area (Å²) in [5.41, 5.74) is -1.35. The van der Waals surface area contributed by atoms with E-state index in [4.69, 9.17) is 14.9 Å². The number of ether oxygens (including phenoxy) is 1. The molecule has 0 amide bonds. The first-order valence-corrected chi connectivity index (χ1v) is 11.3. The van der Waals surface area contributed by atoms with E-state index in [0.717, 1.165) is 21.9 Å². The number of rotatable bonds is 20. The summed E-state index contributed by atoms with van der Waals surface area (Å²) in [4.78, 5) is 80.6. The normalized spacial score (nSPS) is 10.7. The van der Waals surface area contributed by atoms with Crippen LogP contribution in [0.2, 0.25) is 0 Å². The van der Waals surface area contributed by atoms with Crippen LogP contribution in [0.5, 0.6) is 0 Å². The summed E-state index contributed by atoms with van der Waals surface area (Å²) >= 11 is 0. The minimum Gasteiger partial charge on any atom is -0.480 e. The van der Waals surface area contributed by atoms with Crippen molar-refractivity contribution in [2.75, 3.05) is 58.9 Å². The quantitative estimate of drug-likeness (QED) is 0.0696. The summed E-state index contributed by atoms with van der Waals surface area (Å²) in [5, 5.41) is 58.3. The number of carbonyl (C=O) groups excluding carboxylic acids is 1. The first kappa shape index (κ1) is 37.6. The van der Waals surface area contributed by atoms with Gasteiger partial charge in [-0.15, -0.1) is 0 Å². The van der Waals surface area contributed by atoms with Gasteiger partial charge in [0.25, 0.3) is 11.4 Å². The van der Waals surface area contributed by atoms with Gasteiger partial charge in [-0.25, -0.2) is 0 Å². The molecule has 0 saturated heterocycles. The molecule has 0 aliphatic carbocycles. The number of nitro groups is 2. The van der Waals surface area contributed by atoms with E-state index < -0.39 is 90.4 Å². The molecule has 1 aromatic rings. The van der Waals surface area contributed by atoms with E-state index in [-0.39, 0.29) is 71.7 Å². The molecule has 0 saturated carbocycles. The van der Waals surface area contributed by atoms with Crippen LogP contribution >= 0.6 is 0 Å². The summed E-state index contributed by atoms with van der Waals surface area (Å²) in [7, 11) is 0. The molecule has 0 aromatic heterocycles. The van der Waals surface area contributed by atoms with Crippen molar-refractivity contribution >= 4 is 41.2 Å².